The number of nitrogens with zero attached hydrogens (tertiary/aromatic N) is 3. The van der Waals surface area contributed by atoms with E-state index in [1.165, 1.54) is 24.4 Å². The molecule has 1 aromatic carbocycles. The summed E-state index contributed by atoms with van der Waals surface area (Å²) in [5.41, 5.74) is 10.1. The number of guanidine groups is 1. The van der Waals surface area contributed by atoms with Crippen LogP contribution in [-0.2, 0) is 0 Å². The highest BCUT2D eigenvalue weighted by Crippen LogP contribution is 2.34. The first-order valence-corrected chi connectivity index (χ1v) is 7.28. The number of rotatable bonds is 2. The number of benzene rings is 1. The Bertz CT molecular complexity index is 1010. The maximum absolute atomic E-state index is 14.1. The van der Waals surface area contributed by atoms with Crippen LogP contribution in [0.25, 0.3) is 22.0 Å². The van der Waals surface area contributed by atoms with Crippen LogP contribution in [-0.4, -0.2) is 21.8 Å². The normalized spacial score (nSPS) is 10.7. The molecule has 2 aromatic heterocycles. The standard InChI is InChI=1S/C16H10ClF2N5O/c17-10-4-23-14(13-11(18)5-22-6-12(13)19)9-3-7(1-2-8(9)10)15(25)24-16(20)21/h1-6H,(H4,20,21,24,25). The fraction of sp³-hybridized carbons (Fsp3) is 0. The molecule has 0 aliphatic rings. The lowest BCUT2D eigenvalue weighted by molar-refractivity contribution is 0.100. The summed E-state index contributed by atoms with van der Waals surface area (Å²) < 4.78 is 28.2. The van der Waals surface area contributed by atoms with E-state index in [-0.39, 0.29) is 27.2 Å². The molecule has 0 bridgehead atoms. The summed E-state index contributed by atoms with van der Waals surface area (Å²) in [6, 6.07) is 4.35. The molecule has 2 heterocycles. The molecule has 3 aromatic rings. The summed E-state index contributed by atoms with van der Waals surface area (Å²) >= 11 is 6.10. The zero-order chi connectivity index (χ0) is 18.1. The van der Waals surface area contributed by atoms with Crippen LogP contribution >= 0.6 is 11.6 Å². The number of carbonyl (C=O) groups is 1. The van der Waals surface area contributed by atoms with Gasteiger partial charge in [-0.05, 0) is 12.1 Å². The minimum atomic E-state index is -0.892. The van der Waals surface area contributed by atoms with E-state index in [0.717, 1.165) is 12.4 Å². The Kier molecular flexibility index (Phi) is 4.28. The van der Waals surface area contributed by atoms with Crippen LogP contribution in [0.2, 0.25) is 5.02 Å². The van der Waals surface area contributed by atoms with Crippen LogP contribution in [0.5, 0.6) is 0 Å². The fourth-order valence-electron chi connectivity index (χ4n) is 2.36. The van der Waals surface area contributed by atoms with Crippen molar-refractivity contribution in [1.82, 2.24) is 9.97 Å². The number of aliphatic imine (C=N–C) groups is 1. The average molecular weight is 362 g/mol. The van der Waals surface area contributed by atoms with Crippen molar-refractivity contribution < 1.29 is 13.6 Å². The Balaban J connectivity index is 2.32. The van der Waals surface area contributed by atoms with Gasteiger partial charge in [-0.3, -0.25) is 14.8 Å². The summed E-state index contributed by atoms with van der Waals surface area (Å²) in [6.07, 6.45) is 3.01. The van der Waals surface area contributed by atoms with Crippen LogP contribution in [0.4, 0.5) is 8.78 Å². The molecular formula is C16H10ClF2N5O. The third-order valence-corrected chi connectivity index (χ3v) is 3.71. The van der Waals surface area contributed by atoms with E-state index in [0.29, 0.717) is 5.39 Å². The Labute approximate surface area is 145 Å². The van der Waals surface area contributed by atoms with Crippen molar-refractivity contribution >= 4 is 34.2 Å². The van der Waals surface area contributed by atoms with Crippen LogP contribution in [0.3, 0.4) is 0 Å². The highest BCUT2D eigenvalue weighted by molar-refractivity contribution is 6.35. The molecule has 126 valence electrons. The van der Waals surface area contributed by atoms with E-state index < -0.39 is 23.5 Å². The van der Waals surface area contributed by atoms with Gasteiger partial charge in [0.2, 0.25) is 0 Å². The minimum absolute atomic E-state index is 0.0175. The Morgan fingerprint density at radius 3 is 2.40 bits per heavy atom. The Morgan fingerprint density at radius 2 is 1.76 bits per heavy atom. The molecular weight excluding hydrogens is 352 g/mol. The van der Waals surface area contributed by atoms with Crippen molar-refractivity contribution in [3.8, 4) is 11.3 Å². The number of halogens is 3. The number of amides is 1. The van der Waals surface area contributed by atoms with E-state index >= 15 is 0 Å². The van der Waals surface area contributed by atoms with E-state index in [1.807, 2.05) is 0 Å². The SMILES string of the molecule is NC(N)=NC(=O)c1ccc2c(Cl)cnc(-c3c(F)cncc3F)c2c1. The predicted molar refractivity (Wildman–Crippen MR) is 90.0 cm³/mol. The Morgan fingerprint density at radius 1 is 1.08 bits per heavy atom. The smallest absolute Gasteiger partial charge is 0.280 e. The summed E-state index contributed by atoms with van der Waals surface area (Å²) in [4.78, 5) is 22.9. The van der Waals surface area contributed by atoms with Crippen molar-refractivity contribution in [3.05, 3.63) is 59.0 Å². The molecule has 9 heteroatoms. The average Bonchev–Trinajstić information content (AvgIpc) is 2.55. The summed E-state index contributed by atoms with van der Waals surface area (Å²) in [7, 11) is 0. The molecule has 0 radical (unpaired) electrons. The topological polar surface area (TPSA) is 107 Å². The van der Waals surface area contributed by atoms with E-state index in [2.05, 4.69) is 15.0 Å². The lowest BCUT2D eigenvalue weighted by Crippen LogP contribution is -2.24. The molecule has 4 N–H and O–H groups in total. The van der Waals surface area contributed by atoms with Crippen LogP contribution in [0.15, 0.2) is 41.8 Å². The third kappa shape index (κ3) is 3.11. The van der Waals surface area contributed by atoms with Crippen molar-refractivity contribution in [2.45, 2.75) is 0 Å². The first-order chi connectivity index (χ1) is 11.9. The number of hydrogen-bond donors (Lipinski definition) is 2. The van der Waals surface area contributed by atoms with Crippen LogP contribution in [0, 0.1) is 11.6 Å². The largest absolute Gasteiger partial charge is 0.370 e. The molecule has 0 fully saturated rings. The number of hydrogen-bond acceptors (Lipinski definition) is 3. The van der Waals surface area contributed by atoms with Gasteiger partial charge in [-0.1, -0.05) is 17.7 Å². The molecule has 3 rings (SSSR count). The molecule has 0 aliphatic carbocycles. The third-order valence-electron chi connectivity index (χ3n) is 3.41. The highest BCUT2D eigenvalue weighted by atomic mass is 35.5. The van der Waals surface area contributed by atoms with Crippen LogP contribution < -0.4 is 11.5 Å². The van der Waals surface area contributed by atoms with Crippen molar-refractivity contribution in [2.75, 3.05) is 0 Å². The predicted octanol–water partition coefficient (Wildman–Crippen LogP) is 2.64. The van der Waals surface area contributed by atoms with Gasteiger partial charge in [-0.15, -0.1) is 0 Å². The maximum Gasteiger partial charge on any atom is 0.280 e. The second-order valence-corrected chi connectivity index (χ2v) is 5.44. The molecule has 0 spiro atoms. The van der Waals surface area contributed by atoms with Crippen molar-refractivity contribution in [3.63, 3.8) is 0 Å². The monoisotopic (exact) mass is 361 g/mol. The second kappa shape index (κ2) is 6.40. The first-order valence-electron chi connectivity index (χ1n) is 6.90. The van der Waals surface area contributed by atoms with E-state index in [4.69, 9.17) is 23.1 Å². The first kappa shape index (κ1) is 16.7. The van der Waals surface area contributed by atoms with Gasteiger partial charge < -0.3 is 11.5 Å². The van der Waals surface area contributed by atoms with Crippen molar-refractivity contribution in [1.29, 1.82) is 0 Å². The minimum Gasteiger partial charge on any atom is -0.370 e. The van der Waals surface area contributed by atoms with Gasteiger partial charge in [0.25, 0.3) is 5.91 Å². The summed E-state index contributed by atoms with van der Waals surface area (Å²) in [6.45, 7) is 0. The zero-order valence-corrected chi connectivity index (χ0v) is 13.3. The van der Waals surface area contributed by atoms with E-state index in [9.17, 15) is 13.6 Å². The van der Waals surface area contributed by atoms with Gasteiger partial charge >= 0.3 is 0 Å². The van der Waals surface area contributed by atoms with Crippen molar-refractivity contribution in [2.24, 2.45) is 16.5 Å². The molecule has 0 atom stereocenters. The number of nitrogens with two attached hydrogens (primary N) is 2. The molecule has 6 nitrogen and oxygen atoms in total. The number of fused-ring (bicyclic) bond motifs is 1. The molecule has 25 heavy (non-hydrogen) atoms. The number of carbonyl (C=O) groups excluding carboxylic acids is 1. The summed E-state index contributed by atoms with van der Waals surface area (Å²) in [5, 5.41) is 0.992. The van der Waals surface area contributed by atoms with Gasteiger partial charge in [0.15, 0.2) is 17.6 Å². The molecule has 0 aliphatic heterocycles. The van der Waals surface area contributed by atoms with Crippen LogP contribution in [0.1, 0.15) is 10.4 Å². The molecule has 0 saturated carbocycles. The zero-order valence-electron chi connectivity index (χ0n) is 12.5. The molecule has 0 unspecified atom stereocenters. The molecule has 1 amide bonds. The second-order valence-electron chi connectivity index (χ2n) is 5.04. The molecule has 0 saturated heterocycles. The fourth-order valence-corrected chi connectivity index (χ4v) is 2.57. The van der Waals surface area contributed by atoms with Gasteiger partial charge in [0, 0.05) is 22.5 Å². The van der Waals surface area contributed by atoms with Gasteiger partial charge in [-0.25, -0.2) is 8.78 Å². The van der Waals surface area contributed by atoms with Gasteiger partial charge in [-0.2, -0.15) is 4.99 Å². The van der Waals surface area contributed by atoms with Gasteiger partial charge in [0.1, 0.15) is 0 Å². The number of pyridine rings is 2. The van der Waals surface area contributed by atoms with Gasteiger partial charge in [0.05, 0.1) is 28.7 Å². The maximum atomic E-state index is 14.1. The summed E-state index contributed by atoms with van der Waals surface area (Å²) in [5.74, 6) is -2.89. The quantitative estimate of drug-likeness (QED) is 0.539. The lowest BCUT2D eigenvalue weighted by Gasteiger charge is -2.10. The number of aromatic nitrogens is 2. The van der Waals surface area contributed by atoms with E-state index in [1.54, 1.807) is 0 Å². The Hall–Kier alpha value is -3.13. The highest BCUT2D eigenvalue weighted by Gasteiger charge is 2.18. The lowest BCUT2D eigenvalue weighted by atomic mass is 10.0.